The zero-order valence-corrected chi connectivity index (χ0v) is 11.4. The van der Waals surface area contributed by atoms with Crippen molar-refractivity contribution in [3.8, 4) is 0 Å². The first kappa shape index (κ1) is 11.5. The predicted octanol–water partition coefficient (Wildman–Crippen LogP) is 3.91. The first-order valence-electron chi connectivity index (χ1n) is 5.92. The Balaban J connectivity index is 2.01. The molecule has 2 nitrogen and oxygen atoms in total. The number of allylic oxidation sites excluding steroid dienone is 1. The fourth-order valence-corrected chi connectivity index (χ4v) is 2.78. The van der Waals surface area contributed by atoms with E-state index in [-0.39, 0.29) is 0 Å². The monoisotopic (exact) mass is 300 g/mol. The van der Waals surface area contributed by atoms with Gasteiger partial charge in [-0.15, -0.1) is 0 Å². The van der Waals surface area contributed by atoms with Gasteiger partial charge in [0.05, 0.1) is 0 Å². The SMILES string of the molecule is Nc1ccc2c(c1)CC/C2=C\c1cncc(Br)c1. The number of hydrogen-bond donors (Lipinski definition) is 1. The second kappa shape index (κ2) is 4.58. The lowest BCUT2D eigenvalue weighted by molar-refractivity contribution is 1.08. The Hall–Kier alpha value is -1.61. The summed E-state index contributed by atoms with van der Waals surface area (Å²) >= 11 is 3.44. The molecule has 18 heavy (non-hydrogen) atoms. The molecule has 90 valence electrons. The van der Waals surface area contributed by atoms with Gasteiger partial charge in [0.25, 0.3) is 0 Å². The molecule has 1 aliphatic carbocycles. The second-order valence-electron chi connectivity index (χ2n) is 4.52. The molecule has 0 unspecified atom stereocenters. The Labute approximate surface area is 115 Å². The standard InChI is InChI=1S/C15H13BrN2/c16-13-6-10(8-18-9-13)5-11-1-2-12-7-14(17)3-4-15(11)12/h3-9H,1-2,17H2/b11-5+. The van der Waals surface area contributed by atoms with Crippen LogP contribution in [0.1, 0.15) is 23.1 Å². The van der Waals surface area contributed by atoms with Crippen molar-refractivity contribution < 1.29 is 0 Å². The van der Waals surface area contributed by atoms with Crippen LogP contribution in [-0.2, 0) is 6.42 Å². The van der Waals surface area contributed by atoms with Crippen LogP contribution in [0, 0.1) is 0 Å². The quantitative estimate of drug-likeness (QED) is 0.811. The van der Waals surface area contributed by atoms with Gasteiger partial charge in [0.15, 0.2) is 0 Å². The molecular weight excluding hydrogens is 288 g/mol. The van der Waals surface area contributed by atoms with E-state index in [1.807, 2.05) is 12.3 Å². The summed E-state index contributed by atoms with van der Waals surface area (Å²) in [4.78, 5) is 4.18. The third-order valence-electron chi connectivity index (χ3n) is 3.21. The maximum Gasteiger partial charge on any atom is 0.0410 e. The summed E-state index contributed by atoms with van der Waals surface area (Å²) in [7, 11) is 0. The number of nitrogens with two attached hydrogens (primary N) is 1. The minimum Gasteiger partial charge on any atom is -0.399 e. The molecule has 0 aliphatic heterocycles. The van der Waals surface area contributed by atoms with E-state index in [0.717, 1.165) is 28.6 Å². The highest BCUT2D eigenvalue weighted by atomic mass is 79.9. The summed E-state index contributed by atoms with van der Waals surface area (Å²) in [6, 6.07) is 8.25. The molecule has 0 fully saturated rings. The maximum atomic E-state index is 5.81. The van der Waals surface area contributed by atoms with E-state index in [0.29, 0.717) is 0 Å². The van der Waals surface area contributed by atoms with Crippen LogP contribution in [0.25, 0.3) is 11.6 Å². The smallest absolute Gasteiger partial charge is 0.0410 e. The van der Waals surface area contributed by atoms with E-state index in [2.05, 4.69) is 45.2 Å². The molecule has 1 aliphatic rings. The fraction of sp³-hybridized carbons (Fsp3) is 0.133. The third kappa shape index (κ3) is 2.18. The van der Waals surface area contributed by atoms with Crippen LogP contribution in [0.5, 0.6) is 0 Å². The molecule has 1 aromatic heterocycles. The highest BCUT2D eigenvalue weighted by molar-refractivity contribution is 9.10. The van der Waals surface area contributed by atoms with Gasteiger partial charge in [-0.1, -0.05) is 6.07 Å². The average Bonchev–Trinajstić information content (AvgIpc) is 2.72. The number of anilines is 1. The summed E-state index contributed by atoms with van der Waals surface area (Å²) < 4.78 is 1.01. The van der Waals surface area contributed by atoms with E-state index >= 15 is 0 Å². The number of fused-ring (bicyclic) bond motifs is 1. The minimum absolute atomic E-state index is 0.846. The maximum absolute atomic E-state index is 5.81. The molecule has 0 saturated carbocycles. The van der Waals surface area contributed by atoms with Gasteiger partial charge >= 0.3 is 0 Å². The molecule has 0 amide bonds. The van der Waals surface area contributed by atoms with Gasteiger partial charge in [-0.25, -0.2) is 0 Å². The Kier molecular flexibility index (Phi) is 2.92. The number of nitrogens with zero attached hydrogens (tertiary/aromatic N) is 1. The van der Waals surface area contributed by atoms with Crippen molar-refractivity contribution in [1.29, 1.82) is 0 Å². The van der Waals surface area contributed by atoms with Crippen molar-refractivity contribution in [3.05, 3.63) is 57.8 Å². The summed E-state index contributed by atoms with van der Waals surface area (Å²) in [5, 5.41) is 0. The van der Waals surface area contributed by atoms with Crippen LogP contribution >= 0.6 is 15.9 Å². The lowest BCUT2D eigenvalue weighted by Crippen LogP contribution is -1.87. The Morgan fingerprint density at radius 2 is 2.06 bits per heavy atom. The highest BCUT2D eigenvalue weighted by Crippen LogP contribution is 2.34. The zero-order chi connectivity index (χ0) is 12.5. The van der Waals surface area contributed by atoms with Crippen molar-refractivity contribution in [1.82, 2.24) is 4.98 Å². The lowest BCUT2D eigenvalue weighted by Gasteiger charge is -2.02. The number of nitrogen functional groups attached to an aromatic ring is 1. The second-order valence-corrected chi connectivity index (χ2v) is 5.44. The minimum atomic E-state index is 0.846. The number of aryl methyl sites for hydroxylation is 1. The van der Waals surface area contributed by atoms with Crippen LogP contribution in [0.2, 0.25) is 0 Å². The van der Waals surface area contributed by atoms with E-state index in [1.165, 1.54) is 16.7 Å². The van der Waals surface area contributed by atoms with Crippen molar-refractivity contribution in [2.75, 3.05) is 5.73 Å². The molecule has 0 spiro atoms. The molecule has 3 rings (SSSR count). The zero-order valence-electron chi connectivity index (χ0n) is 9.86. The summed E-state index contributed by atoms with van der Waals surface area (Å²) in [5.74, 6) is 0. The molecule has 0 bridgehead atoms. The summed E-state index contributed by atoms with van der Waals surface area (Å²) in [6.07, 6.45) is 8.04. The van der Waals surface area contributed by atoms with E-state index in [1.54, 1.807) is 6.20 Å². The predicted molar refractivity (Wildman–Crippen MR) is 79.0 cm³/mol. The summed E-state index contributed by atoms with van der Waals surface area (Å²) in [5.41, 5.74) is 11.8. The Bertz CT molecular complexity index is 632. The number of pyridine rings is 1. The number of benzene rings is 1. The molecule has 2 N–H and O–H groups in total. The number of hydrogen-bond acceptors (Lipinski definition) is 2. The summed E-state index contributed by atoms with van der Waals surface area (Å²) in [6.45, 7) is 0. The number of halogens is 1. The Morgan fingerprint density at radius 3 is 2.89 bits per heavy atom. The van der Waals surface area contributed by atoms with Gasteiger partial charge in [-0.05, 0) is 75.3 Å². The van der Waals surface area contributed by atoms with E-state index < -0.39 is 0 Å². The van der Waals surface area contributed by atoms with Gasteiger partial charge in [0, 0.05) is 22.6 Å². The van der Waals surface area contributed by atoms with E-state index in [9.17, 15) is 0 Å². The van der Waals surface area contributed by atoms with Crippen molar-refractivity contribution >= 4 is 33.3 Å². The Morgan fingerprint density at radius 1 is 1.17 bits per heavy atom. The van der Waals surface area contributed by atoms with Crippen molar-refractivity contribution in [2.45, 2.75) is 12.8 Å². The van der Waals surface area contributed by atoms with Crippen LogP contribution in [0.3, 0.4) is 0 Å². The van der Waals surface area contributed by atoms with Crippen LogP contribution in [0.4, 0.5) is 5.69 Å². The first-order valence-corrected chi connectivity index (χ1v) is 6.71. The molecule has 1 heterocycles. The van der Waals surface area contributed by atoms with Gasteiger partial charge in [-0.2, -0.15) is 0 Å². The number of rotatable bonds is 1. The topological polar surface area (TPSA) is 38.9 Å². The van der Waals surface area contributed by atoms with Gasteiger partial charge < -0.3 is 5.73 Å². The molecule has 0 atom stereocenters. The normalized spacial score (nSPS) is 15.9. The van der Waals surface area contributed by atoms with Gasteiger partial charge in [-0.3, -0.25) is 4.98 Å². The third-order valence-corrected chi connectivity index (χ3v) is 3.64. The van der Waals surface area contributed by atoms with Crippen LogP contribution in [0.15, 0.2) is 41.1 Å². The largest absolute Gasteiger partial charge is 0.399 e. The molecule has 3 heteroatoms. The molecule has 1 aromatic carbocycles. The fourth-order valence-electron chi connectivity index (χ4n) is 2.40. The van der Waals surface area contributed by atoms with Gasteiger partial charge in [0.2, 0.25) is 0 Å². The highest BCUT2D eigenvalue weighted by Gasteiger charge is 2.15. The lowest BCUT2D eigenvalue weighted by atomic mass is 10.0. The van der Waals surface area contributed by atoms with Crippen LogP contribution < -0.4 is 5.73 Å². The number of aromatic nitrogens is 1. The molecule has 0 radical (unpaired) electrons. The van der Waals surface area contributed by atoms with Crippen LogP contribution in [-0.4, -0.2) is 4.98 Å². The van der Waals surface area contributed by atoms with Gasteiger partial charge in [0.1, 0.15) is 0 Å². The molecular formula is C15H13BrN2. The molecule has 0 saturated heterocycles. The van der Waals surface area contributed by atoms with Crippen molar-refractivity contribution in [2.24, 2.45) is 0 Å². The van der Waals surface area contributed by atoms with E-state index in [4.69, 9.17) is 5.73 Å². The molecule has 2 aromatic rings. The first-order chi connectivity index (χ1) is 8.72. The average molecular weight is 301 g/mol. The van der Waals surface area contributed by atoms with Crippen molar-refractivity contribution in [3.63, 3.8) is 0 Å².